The third kappa shape index (κ3) is 3.48. The van der Waals surface area contributed by atoms with Gasteiger partial charge in [0.15, 0.2) is 9.84 Å². The molecule has 0 aromatic carbocycles. The first kappa shape index (κ1) is 10.7. The lowest BCUT2D eigenvalue weighted by Crippen LogP contribution is -2.35. The van der Waals surface area contributed by atoms with E-state index in [9.17, 15) is 13.2 Å². The highest BCUT2D eigenvalue weighted by molar-refractivity contribution is 9.09. The van der Waals surface area contributed by atoms with Crippen molar-refractivity contribution >= 4 is 31.7 Å². The van der Waals surface area contributed by atoms with Gasteiger partial charge >= 0.3 is 0 Å². The Hall–Kier alpha value is -0.360. The average Bonchev–Trinajstić information content (AvgIpc) is 2.30. The second kappa shape index (κ2) is 4.23. The smallest absolute Gasteiger partial charge is 0.221 e. The Bertz CT molecular complexity index is 323. The van der Waals surface area contributed by atoms with E-state index < -0.39 is 9.84 Å². The molecule has 0 fully saturated rings. The lowest BCUT2D eigenvalue weighted by atomic mass is 10.3. The molecule has 0 aromatic heterocycles. The zero-order chi connectivity index (χ0) is 9.90. The van der Waals surface area contributed by atoms with E-state index in [-0.39, 0.29) is 17.7 Å². The van der Waals surface area contributed by atoms with Crippen LogP contribution in [0.4, 0.5) is 0 Å². The summed E-state index contributed by atoms with van der Waals surface area (Å²) >= 11 is 3.12. The first-order valence-electron chi connectivity index (χ1n) is 3.80. The fourth-order valence-electron chi connectivity index (χ4n) is 1.03. The predicted octanol–water partition coefficient (Wildman–Crippen LogP) is 0.198. The fourth-order valence-corrected chi connectivity index (χ4v) is 2.63. The number of amides is 1. The molecule has 1 aliphatic heterocycles. The number of sulfone groups is 1. The monoisotopic (exact) mass is 267 g/mol. The van der Waals surface area contributed by atoms with Gasteiger partial charge in [-0.25, -0.2) is 8.42 Å². The normalized spacial score (nSPS) is 24.5. The molecule has 0 spiro atoms. The molecule has 74 valence electrons. The van der Waals surface area contributed by atoms with Crippen LogP contribution in [-0.4, -0.2) is 31.4 Å². The Labute approximate surface area is 85.4 Å². The topological polar surface area (TPSA) is 63.2 Å². The van der Waals surface area contributed by atoms with Gasteiger partial charge in [0.05, 0.1) is 11.8 Å². The van der Waals surface area contributed by atoms with Crippen LogP contribution in [0.15, 0.2) is 11.5 Å². The van der Waals surface area contributed by atoms with E-state index >= 15 is 0 Å². The first-order valence-corrected chi connectivity index (χ1v) is 6.63. The van der Waals surface area contributed by atoms with Crippen molar-refractivity contribution in [1.29, 1.82) is 0 Å². The van der Waals surface area contributed by atoms with Crippen LogP contribution in [-0.2, 0) is 14.6 Å². The second-order valence-electron chi connectivity index (χ2n) is 2.77. The third-order valence-electron chi connectivity index (χ3n) is 1.60. The summed E-state index contributed by atoms with van der Waals surface area (Å²) in [6.07, 6.45) is 1.87. The van der Waals surface area contributed by atoms with E-state index in [1.165, 1.54) is 6.08 Å². The highest BCUT2D eigenvalue weighted by atomic mass is 79.9. The minimum atomic E-state index is -3.06. The summed E-state index contributed by atoms with van der Waals surface area (Å²) in [7, 11) is -3.06. The van der Waals surface area contributed by atoms with Gasteiger partial charge in [0.25, 0.3) is 0 Å². The molecule has 13 heavy (non-hydrogen) atoms. The molecule has 1 amide bonds. The van der Waals surface area contributed by atoms with Crippen molar-refractivity contribution in [3.05, 3.63) is 11.5 Å². The SMILES string of the molecule is O=C(CCBr)NC1C=CS(=O)(=O)C1. The van der Waals surface area contributed by atoms with Crippen molar-refractivity contribution < 1.29 is 13.2 Å². The summed E-state index contributed by atoms with van der Waals surface area (Å²) in [6, 6.07) is -0.350. The molecular formula is C7H10BrNO3S. The van der Waals surface area contributed by atoms with Gasteiger partial charge < -0.3 is 5.32 Å². The van der Waals surface area contributed by atoms with Gasteiger partial charge in [-0.2, -0.15) is 0 Å². The molecule has 1 unspecified atom stereocenters. The minimum Gasteiger partial charge on any atom is -0.349 e. The van der Waals surface area contributed by atoms with Gasteiger partial charge in [0.2, 0.25) is 5.91 Å². The number of halogens is 1. The maximum absolute atomic E-state index is 11.0. The molecule has 1 atom stereocenters. The zero-order valence-corrected chi connectivity index (χ0v) is 9.27. The Balaban J connectivity index is 2.42. The first-order chi connectivity index (χ1) is 6.03. The molecular weight excluding hydrogens is 258 g/mol. The highest BCUT2D eigenvalue weighted by Crippen LogP contribution is 2.07. The van der Waals surface area contributed by atoms with E-state index in [1.807, 2.05) is 0 Å². The van der Waals surface area contributed by atoms with E-state index in [1.54, 1.807) is 0 Å². The predicted molar refractivity (Wildman–Crippen MR) is 53.3 cm³/mol. The van der Waals surface area contributed by atoms with Crippen LogP contribution in [0.25, 0.3) is 0 Å². The Morgan fingerprint density at radius 3 is 2.77 bits per heavy atom. The Kier molecular flexibility index (Phi) is 3.49. The average molecular weight is 268 g/mol. The lowest BCUT2D eigenvalue weighted by Gasteiger charge is -2.08. The van der Waals surface area contributed by atoms with Crippen molar-refractivity contribution in [2.24, 2.45) is 0 Å². The molecule has 1 rings (SSSR count). The third-order valence-corrected chi connectivity index (χ3v) is 3.39. The molecule has 0 radical (unpaired) electrons. The van der Waals surface area contributed by atoms with E-state index in [4.69, 9.17) is 0 Å². The van der Waals surface area contributed by atoms with Crippen LogP contribution in [0.5, 0.6) is 0 Å². The number of nitrogens with one attached hydrogen (secondary N) is 1. The summed E-state index contributed by atoms with van der Waals surface area (Å²) in [5.74, 6) is -0.148. The number of alkyl halides is 1. The second-order valence-corrected chi connectivity index (χ2v) is 5.50. The van der Waals surface area contributed by atoms with Crippen LogP contribution >= 0.6 is 15.9 Å². The largest absolute Gasteiger partial charge is 0.349 e. The number of hydrogen-bond donors (Lipinski definition) is 1. The molecule has 0 aromatic rings. The maximum Gasteiger partial charge on any atom is 0.221 e. The molecule has 1 aliphatic rings. The maximum atomic E-state index is 11.0. The molecule has 4 nitrogen and oxygen atoms in total. The standard InChI is InChI=1S/C7H10BrNO3S/c8-3-1-7(10)9-6-2-4-13(11,12)5-6/h2,4,6H,1,3,5H2,(H,9,10). The molecule has 1 N–H and O–H groups in total. The van der Waals surface area contributed by atoms with E-state index in [0.717, 1.165) is 5.41 Å². The van der Waals surface area contributed by atoms with Crippen molar-refractivity contribution in [3.63, 3.8) is 0 Å². The molecule has 0 aliphatic carbocycles. The summed E-state index contributed by atoms with van der Waals surface area (Å²) in [5, 5.41) is 4.33. The van der Waals surface area contributed by atoms with Gasteiger partial charge in [0, 0.05) is 17.2 Å². The zero-order valence-electron chi connectivity index (χ0n) is 6.86. The van der Waals surface area contributed by atoms with Gasteiger partial charge in [-0.1, -0.05) is 15.9 Å². The van der Waals surface area contributed by atoms with E-state index in [0.29, 0.717) is 11.8 Å². The van der Waals surface area contributed by atoms with Gasteiger partial charge in [-0.05, 0) is 6.08 Å². The summed E-state index contributed by atoms with van der Waals surface area (Å²) in [4.78, 5) is 11.0. The number of rotatable bonds is 3. The van der Waals surface area contributed by atoms with E-state index in [2.05, 4.69) is 21.2 Å². The Morgan fingerprint density at radius 1 is 1.62 bits per heavy atom. The Morgan fingerprint density at radius 2 is 2.31 bits per heavy atom. The fraction of sp³-hybridized carbons (Fsp3) is 0.571. The highest BCUT2D eigenvalue weighted by Gasteiger charge is 2.22. The van der Waals surface area contributed by atoms with Crippen molar-refractivity contribution in [2.75, 3.05) is 11.1 Å². The summed E-state index contributed by atoms with van der Waals surface area (Å²) in [5.41, 5.74) is 0. The quantitative estimate of drug-likeness (QED) is 0.744. The van der Waals surface area contributed by atoms with Crippen LogP contribution in [0.1, 0.15) is 6.42 Å². The lowest BCUT2D eigenvalue weighted by molar-refractivity contribution is -0.120. The minimum absolute atomic E-state index is 0.0129. The number of carbonyl (C=O) groups excluding carboxylic acids is 1. The molecule has 1 heterocycles. The van der Waals surface area contributed by atoms with Crippen LogP contribution in [0, 0.1) is 0 Å². The summed E-state index contributed by atoms with van der Waals surface area (Å²) < 4.78 is 21.9. The number of hydrogen-bond acceptors (Lipinski definition) is 3. The number of carbonyl (C=O) groups is 1. The van der Waals surface area contributed by atoms with Crippen molar-refractivity contribution in [2.45, 2.75) is 12.5 Å². The molecule has 0 saturated heterocycles. The van der Waals surface area contributed by atoms with Crippen LogP contribution < -0.4 is 5.32 Å². The molecule has 0 bridgehead atoms. The molecule has 6 heteroatoms. The molecule has 0 saturated carbocycles. The van der Waals surface area contributed by atoms with Crippen molar-refractivity contribution in [3.8, 4) is 0 Å². The van der Waals surface area contributed by atoms with Gasteiger partial charge in [-0.3, -0.25) is 4.79 Å². The van der Waals surface area contributed by atoms with Crippen LogP contribution in [0.3, 0.4) is 0 Å². The van der Waals surface area contributed by atoms with Gasteiger partial charge in [0.1, 0.15) is 0 Å². The van der Waals surface area contributed by atoms with Crippen LogP contribution in [0.2, 0.25) is 0 Å². The van der Waals surface area contributed by atoms with Crippen molar-refractivity contribution in [1.82, 2.24) is 5.32 Å². The summed E-state index contributed by atoms with van der Waals surface area (Å²) in [6.45, 7) is 0. The van der Waals surface area contributed by atoms with Gasteiger partial charge in [-0.15, -0.1) is 0 Å².